The number of esters is 1. The first-order valence-corrected chi connectivity index (χ1v) is 11.1. The average molecular weight is 434 g/mol. The Morgan fingerprint density at radius 1 is 1.09 bits per heavy atom. The number of cyclic esters (lactones) is 1. The van der Waals surface area contributed by atoms with E-state index in [9.17, 15) is 14.3 Å². The van der Waals surface area contributed by atoms with Gasteiger partial charge in [0.1, 0.15) is 11.9 Å². The van der Waals surface area contributed by atoms with Gasteiger partial charge >= 0.3 is 5.97 Å². The summed E-state index contributed by atoms with van der Waals surface area (Å²) >= 11 is 0. The van der Waals surface area contributed by atoms with Crippen molar-refractivity contribution in [2.24, 2.45) is 0 Å². The summed E-state index contributed by atoms with van der Waals surface area (Å²) in [5.74, 6) is -0.398. The minimum atomic E-state index is -0.652. The average Bonchev–Trinajstić information content (AvgIpc) is 2.77. The molecule has 4 rings (SSSR count). The summed E-state index contributed by atoms with van der Waals surface area (Å²) in [5, 5.41) is 9.96. The van der Waals surface area contributed by atoms with Crippen LogP contribution in [0.4, 0.5) is 4.39 Å². The molecule has 1 aromatic heterocycles. The molecule has 2 heterocycles. The fourth-order valence-corrected chi connectivity index (χ4v) is 4.32. The van der Waals surface area contributed by atoms with Crippen molar-refractivity contribution in [2.75, 3.05) is 0 Å². The molecule has 3 aromatic rings. The summed E-state index contributed by atoms with van der Waals surface area (Å²) < 4.78 is 19.1. The van der Waals surface area contributed by atoms with Crippen LogP contribution in [-0.2, 0) is 16.0 Å². The van der Waals surface area contributed by atoms with Gasteiger partial charge in [-0.2, -0.15) is 0 Å². The van der Waals surface area contributed by atoms with E-state index in [1.165, 1.54) is 17.7 Å². The Bertz CT molecular complexity index is 1080. The van der Waals surface area contributed by atoms with Gasteiger partial charge in [-0.15, -0.1) is 0 Å². The van der Waals surface area contributed by atoms with Crippen LogP contribution in [0.2, 0.25) is 0 Å². The molecule has 166 valence electrons. The van der Waals surface area contributed by atoms with Crippen LogP contribution in [0.15, 0.2) is 60.7 Å². The molecule has 0 saturated carbocycles. The molecule has 1 saturated heterocycles. The third kappa shape index (κ3) is 5.05. The maximum Gasteiger partial charge on any atom is 0.308 e. The van der Waals surface area contributed by atoms with Gasteiger partial charge in [-0.05, 0) is 60.2 Å². The zero-order chi connectivity index (χ0) is 22.7. The fourth-order valence-electron chi connectivity index (χ4n) is 4.32. The van der Waals surface area contributed by atoms with Gasteiger partial charge in [-0.3, -0.25) is 4.79 Å². The lowest BCUT2D eigenvalue weighted by Crippen LogP contribution is -2.32. The number of carbonyl (C=O) groups is 1. The monoisotopic (exact) mass is 433 g/mol. The van der Waals surface area contributed by atoms with Crippen molar-refractivity contribution in [3.05, 3.63) is 77.6 Å². The summed E-state index contributed by atoms with van der Waals surface area (Å²) in [6.07, 6.45) is 0.782. The van der Waals surface area contributed by atoms with Crippen molar-refractivity contribution in [3.63, 3.8) is 0 Å². The molecule has 4 nitrogen and oxygen atoms in total. The molecule has 0 unspecified atom stereocenters. The van der Waals surface area contributed by atoms with Crippen LogP contribution in [-0.4, -0.2) is 28.3 Å². The third-order valence-corrected chi connectivity index (χ3v) is 5.92. The lowest BCUT2D eigenvalue weighted by molar-refractivity contribution is -0.160. The molecule has 0 spiro atoms. The molecule has 1 fully saturated rings. The molecule has 0 radical (unpaired) electrons. The number of aliphatic hydroxyl groups excluding tert-OH is 1. The highest BCUT2D eigenvalue weighted by atomic mass is 19.1. The molecule has 2 aromatic carbocycles. The second kappa shape index (κ2) is 9.61. The van der Waals surface area contributed by atoms with Crippen molar-refractivity contribution in [1.29, 1.82) is 0 Å². The molecule has 5 heteroatoms. The Balaban J connectivity index is 1.77. The summed E-state index contributed by atoms with van der Waals surface area (Å²) in [5.41, 5.74) is 5.80. The number of carbonyl (C=O) groups excluding carboxylic acids is 1. The number of halogens is 1. The number of aliphatic hydroxyl groups is 1. The first kappa shape index (κ1) is 22.2. The van der Waals surface area contributed by atoms with Crippen molar-refractivity contribution >= 4 is 5.97 Å². The summed E-state index contributed by atoms with van der Waals surface area (Å²) in [6, 6.07) is 18.5. The first-order valence-electron chi connectivity index (χ1n) is 11.1. The molecule has 2 atom stereocenters. The van der Waals surface area contributed by atoms with Gasteiger partial charge < -0.3 is 9.84 Å². The number of pyridine rings is 1. The molecule has 0 amide bonds. The fraction of sp³-hybridized carbons (Fsp3) is 0.333. The van der Waals surface area contributed by atoms with E-state index in [4.69, 9.17) is 9.72 Å². The second-order valence-electron chi connectivity index (χ2n) is 8.70. The van der Waals surface area contributed by atoms with E-state index in [-0.39, 0.29) is 30.2 Å². The quantitative estimate of drug-likeness (QED) is 0.508. The van der Waals surface area contributed by atoms with Gasteiger partial charge in [-0.25, -0.2) is 9.37 Å². The number of nitrogens with zero attached hydrogens (tertiary/aromatic N) is 1. The number of benzene rings is 2. The Morgan fingerprint density at radius 2 is 1.81 bits per heavy atom. The Kier molecular flexibility index (Phi) is 6.66. The van der Waals surface area contributed by atoms with Gasteiger partial charge in [0.2, 0.25) is 0 Å². The molecule has 0 bridgehead atoms. The SMILES string of the molecule is CC(C)c1cc(-c2ccccc2)nc(-c2ccc(F)cc2)c1CC[C@H]1C[C@@H](O)CC(=O)O1. The van der Waals surface area contributed by atoms with Gasteiger partial charge in [0, 0.05) is 17.5 Å². The topological polar surface area (TPSA) is 59.4 Å². The molecule has 32 heavy (non-hydrogen) atoms. The predicted molar refractivity (Wildman–Crippen MR) is 123 cm³/mol. The van der Waals surface area contributed by atoms with Crippen molar-refractivity contribution in [3.8, 4) is 22.5 Å². The lowest BCUT2D eigenvalue weighted by Gasteiger charge is -2.27. The molecule has 0 aliphatic carbocycles. The number of rotatable bonds is 6. The smallest absolute Gasteiger partial charge is 0.308 e. The Morgan fingerprint density at radius 3 is 2.47 bits per heavy atom. The van der Waals surface area contributed by atoms with Crippen LogP contribution < -0.4 is 0 Å². The lowest BCUT2D eigenvalue weighted by atomic mass is 9.88. The van der Waals surface area contributed by atoms with Crippen molar-refractivity contribution < 1.29 is 19.0 Å². The van der Waals surface area contributed by atoms with Crippen LogP contribution in [0.5, 0.6) is 0 Å². The number of aromatic nitrogens is 1. The molecule has 1 N–H and O–H groups in total. The zero-order valence-corrected chi connectivity index (χ0v) is 18.4. The van der Waals surface area contributed by atoms with E-state index in [0.717, 1.165) is 28.1 Å². The van der Waals surface area contributed by atoms with Crippen molar-refractivity contribution in [2.45, 2.75) is 57.7 Å². The van der Waals surface area contributed by atoms with E-state index >= 15 is 0 Å². The highest BCUT2D eigenvalue weighted by molar-refractivity contribution is 5.72. The van der Waals surface area contributed by atoms with E-state index in [1.807, 2.05) is 30.3 Å². The zero-order valence-electron chi connectivity index (χ0n) is 18.4. The highest BCUT2D eigenvalue weighted by Crippen LogP contribution is 2.34. The summed E-state index contributed by atoms with van der Waals surface area (Å²) in [6.45, 7) is 4.29. The van der Waals surface area contributed by atoms with Gasteiger partial charge in [0.25, 0.3) is 0 Å². The largest absolute Gasteiger partial charge is 0.462 e. The standard InChI is InChI=1S/C27H28FNO3/c1-17(2)24-16-25(18-6-4-3-5-7-18)29-27(19-8-10-20(28)11-9-19)23(24)13-12-22-14-21(30)15-26(31)32-22/h3-11,16-17,21-22,30H,12-15H2,1-2H3/t21-,22+/m1/s1. The van der Waals surface area contributed by atoms with Crippen LogP contribution in [0, 0.1) is 5.82 Å². The van der Waals surface area contributed by atoms with Crippen molar-refractivity contribution in [1.82, 2.24) is 4.98 Å². The molecule has 1 aliphatic heterocycles. The van der Waals surface area contributed by atoms with Gasteiger partial charge in [-0.1, -0.05) is 44.2 Å². The highest BCUT2D eigenvalue weighted by Gasteiger charge is 2.28. The number of hydrogen-bond acceptors (Lipinski definition) is 4. The maximum atomic E-state index is 13.6. The maximum absolute atomic E-state index is 13.6. The van der Waals surface area contributed by atoms with E-state index in [1.54, 1.807) is 12.1 Å². The van der Waals surface area contributed by atoms with Crippen LogP contribution in [0.3, 0.4) is 0 Å². The van der Waals surface area contributed by atoms with Gasteiger partial charge in [0.15, 0.2) is 0 Å². The second-order valence-corrected chi connectivity index (χ2v) is 8.70. The normalized spacial score (nSPS) is 18.6. The van der Waals surface area contributed by atoms with Gasteiger partial charge in [0.05, 0.1) is 23.9 Å². The summed E-state index contributed by atoms with van der Waals surface area (Å²) in [7, 11) is 0. The van der Waals surface area contributed by atoms with E-state index in [2.05, 4.69) is 19.9 Å². The van der Waals surface area contributed by atoms with Crippen LogP contribution in [0.1, 0.15) is 50.2 Å². The minimum Gasteiger partial charge on any atom is -0.462 e. The molecular weight excluding hydrogens is 405 g/mol. The van der Waals surface area contributed by atoms with Crippen LogP contribution in [0.25, 0.3) is 22.5 Å². The van der Waals surface area contributed by atoms with E-state index < -0.39 is 6.10 Å². The molecular formula is C27H28FNO3. The number of ether oxygens (including phenoxy) is 1. The van der Waals surface area contributed by atoms with Crippen LogP contribution >= 0.6 is 0 Å². The summed E-state index contributed by atoms with van der Waals surface area (Å²) in [4.78, 5) is 16.8. The third-order valence-electron chi connectivity index (χ3n) is 5.92. The Hall–Kier alpha value is -3.05. The molecule has 1 aliphatic rings. The number of hydrogen-bond donors (Lipinski definition) is 1. The first-order chi connectivity index (χ1) is 15.4. The predicted octanol–water partition coefficient (Wildman–Crippen LogP) is 5.68. The minimum absolute atomic E-state index is 0.0574. The Labute approximate surface area is 188 Å². The van der Waals surface area contributed by atoms with E-state index in [0.29, 0.717) is 19.3 Å².